The zero-order valence-electron chi connectivity index (χ0n) is 12.1. The highest BCUT2D eigenvalue weighted by Crippen LogP contribution is 2.37. The van der Waals surface area contributed by atoms with E-state index in [2.05, 4.69) is 0 Å². The molecule has 0 heterocycles. The molecule has 3 rings (SSSR count). The van der Waals surface area contributed by atoms with Crippen molar-refractivity contribution in [1.29, 1.82) is 0 Å². The third-order valence-electron chi connectivity index (χ3n) is 3.44. The first-order valence-corrected chi connectivity index (χ1v) is 9.36. The van der Waals surface area contributed by atoms with Gasteiger partial charge in [-0.25, -0.2) is 17.6 Å². The van der Waals surface area contributed by atoms with Crippen molar-refractivity contribution in [3.05, 3.63) is 87.5 Å². The van der Waals surface area contributed by atoms with Crippen LogP contribution >= 0.6 is 30.5 Å². The monoisotopic (exact) mass is 460 g/mol. The number of benzene rings is 3. The average molecular weight is 460 g/mol. The molecular formula is C18H10F4IP. The van der Waals surface area contributed by atoms with E-state index >= 15 is 0 Å². The van der Waals surface area contributed by atoms with E-state index in [1.165, 1.54) is 22.6 Å². The van der Waals surface area contributed by atoms with Crippen LogP contribution in [0.1, 0.15) is 0 Å². The van der Waals surface area contributed by atoms with Crippen molar-refractivity contribution in [2.24, 2.45) is 0 Å². The third kappa shape index (κ3) is 3.07. The van der Waals surface area contributed by atoms with E-state index < -0.39 is 31.2 Å². The molecule has 0 bridgehead atoms. The first kappa shape index (κ1) is 17.4. The Morgan fingerprint density at radius 2 is 1.00 bits per heavy atom. The largest absolute Gasteiger partial charge is 0.203 e. The Kier molecular flexibility index (Phi) is 5.21. The number of halogens is 5. The Morgan fingerprint density at radius 3 is 1.46 bits per heavy atom. The van der Waals surface area contributed by atoms with Gasteiger partial charge in [0.05, 0.1) is 3.57 Å². The van der Waals surface area contributed by atoms with Gasteiger partial charge in [0.15, 0.2) is 23.3 Å². The molecule has 0 aliphatic rings. The Hall–Kier alpha value is -1.46. The average Bonchev–Trinajstić information content (AvgIpc) is 2.63. The summed E-state index contributed by atoms with van der Waals surface area (Å²) in [7, 11) is -1.56. The first-order valence-electron chi connectivity index (χ1n) is 6.94. The molecule has 0 radical (unpaired) electrons. The maximum atomic E-state index is 14.6. The summed E-state index contributed by atoms with van der Waals surface area (Å²) in [5.74, 6) is -6.25. The summed E-state index contributed by atoms with van der Waals surface area (Å²) in [6.07, 6.45) is 0. The predicted octanol–water partition coefficient (Wildman–Crippen LogP) is 4.61. The second-order valence-corrected chi connectivity index (χ2v) is 8.15. The van der Waals surface area contributed by atoms with E-state index in [4.69, 9.17) is 0 Å². The van der Waals surface area contributed by atoms with Crippen LogP contribution in [0.5, 0.6) is 0 Å². The van der Waals surface area contributed by atoms with E-state index in [-0.39, 0.29) is 8.87 Å². The number of hydrogen-bond acceptors (Lipinski definition) is 0. The Balaban J connectivity index is 2.33. The van der Waals surface area contributed by atoms with Crippen LogP contribution in [0.15, 0.2) is 60.7 Å². The van der Waals surface area contributed by atoms with E-state index in [9.17, 15) is 17.6 Å². The van der Waals surface area contributed by atoms with Crippen LogP contribution in [-0.4, -0.2) is 0 Å². The summed E-state index contributed by atoms with van der Waals surface area (Å²) < 4.78 is 55.7. The molecule has 0 fully saturated rings. The SMILES string of the molecule is Fc1c(F)c(F)c(P(c2ccccc2)c2ccccc2)c(I)c1F. The quantitative estimate of drug-likeness (QED) is 0.176. The molecule has 0 aliphatic heterocycles. The fraction of sp³-hybridized carbons (Fsp3) is 0. The van der Waals surface area contributed by atoms with Gasteiger partial charge in [0.25, 0.3) is 0 Å². The highest BCUT2D eigenvalue weighted by Gasteiger charge is 2.30. The molecule has 0 spiro atoms. The van der Waals surface area contributed by atoms with Gasteiger partial charge in [-0.1, -0.05) is 60.7 Å². The normalized spacial score (nSPS) is 11.1. The third-order valence-corrected chi connectivity index (χ3v) is 7.37. The summed E-state index contributed by atoms with van der Waals surface area (Å²) in [5, 5.41) is 1.31. The highest BCUT2D eigenvalue weighted by molar-refractivity contribution is 14.1. The van der Waals surface area contributed by atoms with Crippen LogP contribution in [0, 0.1) is 26.8 Å². The minimum absolute atomic E-state index is 0.139. The maximum Gasteiger partial charge on any atom is 0.198 e. The Morgan fingerprint density at radius 1 is 0.583 bits per heavy atom. The lowest BCUT2D eigenvalue weighted by Gasteiger charge is -2.22. The first-order chi connectivity index (χ1) is 11.5. The van der Waals surface area contributed by atoms with E-state index in [1.807, 2.05) is 0 Å². The van der Waals surface area contributed by atoms with Gasteiger partial charge in [0.1, 0.15) is 0 Å². The standard InChI is InChI=1S/C18H10F4IP/c19-13-14(20)16(22)18(17(23)15(13)21)24(11-7-3-1-4-8-11)12-9-5-2-6-10-12/h1-10H. The van der Waals surface area contributed by atoms with Crippen molar-refractivity contribution in [2.45, 2.75) is 0 Å². The minimum atomic E-state index is -1.78. The van der Waals surface area contributed by atoms with Crippen LogP contribution < -0.4 is 15.9 Å². The molecule has 0 saturated carbocycles. The summed E-state index contributed by atoms with van der Waals surface area (Å²) in [4.78, 5) is 0. The van der Waals surface area contributed by atoms with Crippen LogP contribution in [0.25, 0.3) is 0 Å². The molecule has 24 heavy (non-hydrogen) atoms. The second-order valence-electron chi connectivity index (χ2n) is 4.93. The number of hydrogen-bond donors (Lipinski definition) is 0. The Labute approximate surface area is 151 Å². The molecule has 3 aromatic rings. The summed E-state index contributed by atoms with van der Waals surface area (Å²) in [6.45, 7) is 0. The fourth-order valence-electron chi connectivity index (χ4n) is 2.35. The zero-order valence-corrected chi connectivity index (χ0v) is 15.2. The lowest BCUT2D eigenvalue weighted by atomic mass is 10.3. The lowest BCUT2D eigenvalue weighted by molar-refractivity contribution is 0.410. The zero-order chi connectivity index (χ0) is 17.3. The molecule has 0 unspecified atom stereocenters. The van der Waals surface area contributed by atoms with Gasteiger partial charge in [-0.3, -0.25) is 0 Å². The van der Waals surface area contributed by atoms with Crippen molar-refractivity contribution in [2.75, 3.05) is 0 Å². The van der Waals surface area contributed by atoms with Gasteiger partial charge in [-0.2, -0.15) is 0 Å². The van der Waals surface area contributed by atoms with Gasteiger partial charge < -0.3 is 0 Å². The van der Waals surface area contributed by atoms with Crippen molar-refractivity contribution in [3.63, 3.8) is 0 Å². The van der Waals surface area contributed by atoms with Crippen LogP contribution in [-0.2, 0) is 0 Å². The second kappa shape index (κ2) is 7.19. The van der Waals surface area contributed by atoms with Crippen molar-refractivity contribution in [3.8, 4) is 0 Å². The summed E-state index contributed by atoms with van der Waals surface area (Å²) in [6, 6.07) is 17.8. The van der Waals surface area contributed by atoms with Crippen molar-refractivity contribution in [1.82, 2.24) is 0 Å². The maximum absolute atomic E-state index is 14.6. The van der Waals surface area contributed by atoms with Crippen LogP contribution in [0.4, 0.5) is 17.6 Å². The van der Waals surface area contributed by atoms with Crippen molar-refractivity contribution >= 4 is 46.4 Å². The topological polar surface area (TPSA) is 0 Å². The molecule has 0 aliphatic carbocycles. The molecule has 122 valence electrons. The van der Waals surface area contributed by atoms with Crippen LogP contribution in [0.2, 0.25) is 0 Å². The minimum Gasteiger partial charge on any atom is -0.203 e. The van der Waals surface area contributed by atoms with Gasteiger partial charge in [-0.05, 0) is 41.1 Å². The molecule has 0 saturated heterocycles. The number of rotatable bonds is 3. The highest BCUT2D eigenvalue weighted by atomic mass is 127. The fourth-order valence-corrected chi connectivity index (χ4v) is 5.89. The molecule has 6 heteroatoms. The smallest absolute Gasteiger partial charge is 0.198 e. The van der Waals surface area contributed by atoms with Crippen molar-refractivity contribution < 1.29 is 17.6 Å². The predicted molar refractivity (Wildman–Crippen MR) is 97.7 cm³/mol. The van der Waals surface area contributed by atoms with Gasteiger partial charge in [0.2, 0.25) is 0 Å². The molecule has 0 atom stereocenters. The molecule has 0 nitrogen and oxygen atoms in total. The van der Waals surface area contributed by atoms with Gasteiger partial charge in [0, 0.05) is 5.30 Å². The molecular weight excluding hydrogens is 450 g/mol. The summed E-state index contributed by atoms with van der Waals surface area (Å²) in [5.41, 5.74) is 0. The summed E-state index contributed by atoms with van der Waals surface area (Å²) >= 11 is 1.54. The van der Waals surface area contributed by atoms with E-state index in [0.29, 0.717) is 0 Å². The van der Waals surface area contributed by atoms with E-state index in [1.54, 1.807) is 60.7 Å². The lowest BCUT2D eigenvalue weighted by Crippen LogP contribution is -2.28. The van der Waals surface area contributed by atoms with E-state index in [0.717, 1.165) is 10.6 Å². The Bertz CT molecular complexity index is 801. The molecule has 3 aromatic carbocycles. The molecule has 0 N–H and O–H groups in total. The molecule has 0 amide bonds. The van der Waals surface area contributed by atoms with Gasteiger partial charge in [-0.15, -0.1) is 0 Å². The molecule has 0 aromatic heterocycles. The van der Waals surface area contributed by atoms with Crippen LogP contribution in [0.3, 0.4) is 0 Å². The van der Waals surface area contributed by atoms with Gasteiger partial charge >= 0.3 is 0 Å².